The lowest BCUT2D eigenvalue weighted by atomic mass is 9.81. The fraction of sp³-hybridized carbons (Fsp3) is 0.357. The minimum atomic E-state index is 0.208. The van der Waals surface area contributed by atoms with Crippen LogP contribution in [0.2, 0.25) is 0 Å². The van der Waals surface area contributed by atoms with Crippen molar-refractivity contribution in [3.63, 3.8) is 0 Å². The number of benzene rings is 1. The zero-order valence-electron chi connectivity index (χ0n) is 10.0. The molecule has 1 aromatic heterocycles. The molecule has 0 amide bonds. The summed E-state index contributed by atoms with van der Waals surface area (Å²) < 4.78 is 5.01. The molecule has 0 aliphatic carbocycles. The van der Waals surface area contributed by atoms with Crippen LogP contribution in [-0.2, 0) is 5.41 Å². The summed E-state index contributed by atoms with van der Waals surface area (Å²) in [5.41, 5.74) is 3.57. The molecular formula is C14H17NO. The first-order valence-corrected chi connectivity index (χ1v) is 5.62. The average Bonchev–Trinajstić information content (AvgIpc) is 2.83. The molecule has 1 heterocycles. The molecule has 16 heavy (non-hydrogen) atoms. The molecule has 1 aromatic carbocycles. The maximum absolute atomic E-state index is 5.01. The summed E-state index contributed by atoms with van der Waals surface area (Å²) in [6.45, 7) is 6.73. The molecule has 0 N–H and O–H groups in total. The monoisotopic (exact) mass is 215 g/mol. The zero-order chi connectivity index (χ0) is 11.6. The average molecular weight is 215 g/mol. The normalized spacial score (nSPS) is 11.7. The summed E-state index contributed by atoms with van der Waals surface area (Å²) in [5, 5.41) is 0. The van der Waals surface area contributed by atoms with Crippen molar-refractivity contribution in [2.24, 2.45) is 0 Å². The molecule has 0 unspecified atom stereocenters. The van der Waals surface area contributed by atoms with Gasteiger partial charge in [0.25, 0.3) is 0 Å². The van der Waals surface area contributed by atoms with Crippen LogP contribution in [0.15, 0.2) is 41.3 Å². The molecule has 0 fully saturated rings. The maximum atomic E-state index is 5.01. The van der Waals surface area contributed by atoms with Crippen molar-refractivity contribution in [2.75, 3.05) is 0 Å². The van der Waals surface area contributed by atoms with Crippen molar-refractivity contribution in [3.8, 4) is 11.3 Å². The second-order valence-corrected chi connectivity index (χ2v) is 4.69. The van der Waals surface area contributed by atoms with E-state index in [2.05, 4.69) is 50.0 Å². The summed E-state index contributed by atoms with van der Waals surface area (Å²) >= 11 is 0. The molecule has 2 aromatic rings. The van der Waals surface area contributed by atoms with Crippen LogP contribution in [0, 0.1) is 0 Å². The van der Waals surface area contributed by atoms with E-state index in [4.69, 9.17) is 4.42 Å². The van der Waals surface area contributed by atoms with E-state index in [1.54, 1.807) is 6.26 Å². The van der Waals surface area contributed by atoms with Crippen LogP contribution in [0.3, 0.4) is 0 Å². The number of oxazole rings is 1. The Morgan fingerprint density at radius 2 is 2.12 bits per heavy atom. The van der Waals surface area contributed by atoms with Crippen molar-refractivity contribution in [1.29, 1.82) is 0 Å². The maximum Gasteiger partial charge on any atom is 0.181 e. The van der Waals surface area contributed by atoms with Crippen molar-refractivity contribution in [3.05, 3.63) is 42.5 Å². The molecule has 2 rings (SSSR count). The van der Waals surface area contributed by atoms with Crippen LogP contribution in [-0.4, -0.2) is 4.98 Å². The van der Waals surface area contributed by atoms with E-state index in [0.29, 0.717) is 0 Å². The summed E-state index contributed by atoms with van der Waals surface area (Å²) in [6, 6.07) is 8.51. The highest BCUT2D eigenvalue weighted by Crippen LogP contribution is 2.29. The van der Waals surface area contributed by atoms with Gasteiger partial charge in [-0.15, -0.1) is 0 Å². The Morgan fingerprint density at radius 1 is 1.31 bits per heavy atom. The van der Waals surface area contributed by atoms with Gasteiger partial charge in [0, 0.05) is 5.56 Å². The van der Waals surface area contributed by atoms with Gasteiger partial charge in [0.15, 0.2) is 6.39 Å². The summed E-state index contributed by atoms with van der Waals surface area (Å²) in [4.78, 5) is 4.17. The van der Waals surface area contributed by atoms with E-state index >= 15 is 0 Å². The lowest BCUT2D eigenvalue weighted by Crippen LogP contribution is -2.15. The topological polar surface area (TPSA) is 26.0 Å². The molecule has 0 radical (unpaired) electrons. The van der Waals surface area contributed by atoms with Crippen LogP contribution in [0.5, 0.6) is 0 Å². The zero-order valence-corrected chi connectivity index (χ0v) is 10.0. The number of nitrogens with zero attached hydrogens (tertiary/aromatic N) is 1. The molecule has 0 aliphatic heterocycles. The van der Waals surface area contributed by atoms with Crippen LogP contribution in [0.25, 0.3) is 11.3 Å². The standard InChI is InChI=1S/C14H17NO/c1-4-14(2,3)12-7-5-6-11(8-12)13-9-16-10-15-13/h5-10H,4H2,1-3H3. The Hall–Kier alpha value is -1.57. The van der Waals surface area contributed by atoms with Gasteiger partial charge in [0.1, 0.15) is 12.0 Å². The Bertz CT molecular complexity index is 457. The van der Waals surface area contributed by atoms with Gasteiger partial charge in [-0.25, -0.2) is 4.98 Å². The number of rotatable bonds is 3. The van der Waals surface area contributed by atoms with Gasteiger partial charge in [-0.2, -0.15) is 0 Å². The third kappa shape index (κ3) is 2.01. The van der Waals surface area contributed by atoms with E-state index in [1.807, 2.05) is 0 Å². The molecular weight excluding hydrogens is 198 g/mol. The Kier molecular flexibility index (Phi) is 2.82. The van der Waals surface area contributed by atoms with Gasteiger partial charge >= 0.3 is 0 Å². The minimum absolute atomic E-state index is 0.208. The van der Waals surface area contributed by atoms with Gasteiger partial charge < -0.3 is 4.42 Å². The molecule has 0 atom stereocenters. The molecule has 2 nitrogen and oxygen atoms in total. The van der Waals surface area contributed by atoms with Crippen LogP contribution in [0.4, 0.5) is 0 Å². The van der Waals surface area contributed by atoms with E-state index in [-0.39, 0.29) is 5.41 Å². The van der Waals surface area contributed by atoms with Crippen LogP contribution < -0.4 is 0 Å². The highest BCUT2D eigenvalue weighted by molar-refractivity contribution is 5.59. The van der Waals surface area contributed by atoms with Gasteiger partial charge in [0.05, 0.1) is 0 Å². The fourth-order valence-corrected chi connectivity index (χ4v) is 1.66. The number of hydrogen-bond donors (Lipinski definition) is 0. The summed E-state index contributed by atoms with van der Waals surface area (Å²) in [7, 11) is 0. The SMILES string of the molecule is CCC(C)(C)c1cccc(-c2cocn2)c1. The molecule has 2 heteroatoms. The van der Waals surface area contributed by atoms with Crippen molar-refractivity contribution in [2.45, 2.75) is 32.6 Å². The quantitative estimate of drug-likeness (QED) is 0.772. The van der Waals surface area contributed by atoms with Gasteiger partial charge in [-0.1, -0.05) is 39.0 Å². The smallest absolute Gasteiger partial charge is 0.181 e. The summed E-state index contributed by atoms with van der Waals surface area (Å²) in [5.74, 6) is 0. The molecule has 0 saturated carbocycles. The fourth-order valence-electron chi connectivity index (χ4n) is 1.66. The molecule has 84 valence electrons. The predicted octanol–water partition coefficient (Wildman–Crippen LogP) is 4.03. The van der Waals surface area contributed by atoms with Gasteiger partial charge in [0.2, 0.25) is 0 Å². The van der Waals surface area contributed by atoms with Crippen molar-refractivity contribution in [1.82, 2.24) is 4.98 Å². The highest BCUT2D eigenvalue weighted by atomic mass is 16.3. The Morgan fingerprint density at radius 3 is 2.75 bits per heavy atom. The first kappa shape index (κ1) is 10.9. The number of hydrogen-bond acceptors (Lipinski definition) is 2. The van der Waals surface area contributed by atoms with Crippen LogP contribution in [0.1, 0.15) is 32.8 Å². The van der Waals surface area contributed by atoms with E-state index in [1.165, 1.54) is 12.0 Å². The van der Waals surface area contributed by atoms with E-state index in [0.717, 1.165) is 17.7 Å². The van der Waals surface area contributed by atoms with E-state index < -0.39 is 0 Å². The van der Waals surface area contributed by atoms with Crippen molar-refractivity contribution >= 4 is 0 Å². The highest BCUT2D eigenvalue weighted by Gasteiger charge is 2.18. The second kappa shape index (κ2) is 4.12. The van der Waals surface area contributed by atoms with Gasteiger partial charge in [-0.3, -0.25) is 0 Å². The molecule has 0 bridgehead atoms. The first-order valence-electron chi connectivity index (χ1n) is 5.62. The van der Waals surface area contributed by atoms with Crippen molar-refractivity contribution < 1.29 is 4.42 Å². The van der Waals surface area contributed by atoms with E-state index in [9.17, 15) is 0 Å². The molecule has 0 saturated heterocycles. The first-order chi connectivity index (χ1) is 7.63. The third-order valence-electron chi connectivity index (χ3n) is 3.26. The van der Waals surface area contributed by atoms with Gasteiger partial charge in [-0.05, 0) is 23.5 Å². The minimum Gasteiger partial charge on any atom is -0.451 e. The second-order valence-electron chi connectivity index (χ2n) is 4.69. The lowest BCUT2D eigenvalue weighted by Gasteiger charge is -2.23. The Balaban J connectivity index is 2.41. The third-order valence-corrected chi connectivity index (χ3v) is 3.26. The lowest BCUT2D eigenvalue weighted by molar-refractivity contribution is 0.506. The Labute approximate surface area is 96.3 Å². The van der Waals surface area contributed by atoms with Crippen LogP contribution >= 0.6 is 0 Å². The molecule has 0 aliphatic rings. The molecule has 0 spiro atoms. The largest absolute Gasteiger partial charge is 0.451 e. The number of aromatic nitrogens is 1. The predicted molar refractivity (Wildman–Crippen MR) is 65.3 cm³/mol. The summed E-state index contributed by atoms with van der Waals surface area (Å²) in [6.07, 6.45) is 4.26.